The summed E-state index contributed by atoms with van der Waals surface area (Å²) in [5, 5.41) is 12.3. The van der Waals surface area contributed by atoms with E-state index in [4.69, 9.17) is 14.2 Å². The molecule has 2 N–H and O–H groups in total. The van der Waals surface area contributed by atoms with Crippen LogP contribution in [-0.2, 0) is 30.4 Å². The molecule has 7 atom stereocenters. The Morgan fingerprint density at radius 3 is 2.36 bits per heavy atom. The van der Waals surface area contributed by atoms with E-state index in [-0.39, 0.29) is 24.7 Å². The summed E-state index contributed by atoms with van der Waals surface area (Å²) >= 11 is 0. The van der Waals surface area contributed by atoms with Crippen molar-refractivity contribution in [1.29, 1.82) is 0 Å². The molecule has 1 amide bonds. The second kappa shape index (κ2) is 12.1. The van der Waals surface area contributed by atoms with Gasteiger partial charge in [0.1, 0.15) is 0 Å². The molecule has 5 rings (SSSR count). The first-order valence-corrected chi connectivity index (χ1v) is 15.2. The van der Waals surface area contributed by atoms with E-state index in [0.717, 1.165) is 29.8 Å². The van der Waals surface area contributed by atoms with E-state index < -0.39 is 24.3 Å². The summed E-state index contributed by atoms with van der Waals surface area (Å²) < 4.78 is 18.3. The Balaban J connectivity index is 1.35. The first-order chi connectivity index (χ1) is 19.8. The van der Waals surface area contributed by atoms with Gasteiger partial charge in [-0.3, -0.25) is 14.5 Å². The van der Waals surface area contributed by atoms with Gasteiger partial charge in [0, 0.05) is 43.2 Å². The van der Waals surface area contributed by atoms with Crippen LogP contribution in [0.3, 0.4) is 0 Å². The van der Waals surface area contributed by atoms with Crippen molar-refractivity contribution >= 4 is 17.6 Å². The molecular weight excluding hydrogens is 532 g/mol. The third-order valence-electron chi connectivity index (χ3n) is 9.22. The Bertz CT molecular complexity index is 1260. The number of carbonyl (C=O) groups excluding carboxylic acids is 2. The molecule has 8 nitrogen and oxygen atoms in total. The minimum atomic E-state index is -0.884. The van der Waals surface area contributed by atoms with Crippen LogP contribution >= 0.6 is 0 Å². The van der Waals surface area contributed by atoms with Gasteiger partial charge in [-0.1, -0.05) is 64.1 Å². The largest absolute Gasteiger partial charge is 0.453 e. The number of nitrogens with zero attached hydrogens (tertiary/aromatic N) is 1. The molecular formula is C34H46N2O6. The average Bonchev–Trinajstić information content (AvgIpc) is 3.17. The maximum atomic E-state index is 12.4. The third kappa shape index (κ3) is 6.88. The number of hydrogen-bond donors (Lipinski definition) is 2. The predicted octanol–water partition coefficient (Wildman–Crippen LogP) is 5.76. The molecule has 3 aliphatic rings. The number of amides is 1. The Hall–Kier alpha value is -2.78. The second-order valence-corrected chi connectivity index (χ2v) is 13.8. The van der Waals surface area contributed by atoms with E-state index in [1.807, 2.05) is 48.5 Å². The number of nitrogens with one attached hydrogen (secondary N) is 1. The SMILES string of the molecule is CC(=O)OC(C)C(=O)Nc1ccc(C2OC(CN3CC4(C)CC3CC(C)(C)C4)C(C)C(c3ccc(CO)cc3)O2)cc1. The first-order valence-electron chi connectivity index (χ1n) is 15.2. The van der Waals surface area contributed by atoms with Gasteiger partial charge in [-0.15, -0.1) is 0 Å². The molecule has 7 unspecified atom stereocenters. The van der Waals surface area contributed by atoms with Gasteiger partial charge >= 0.3 is 5.97 Å². The van der Waals surface area contributed by atoms with Gasteiger partial charge in [0.2, 0.25) is 0 Å². The van der Waals surface area contributed by atoms with Crippen molar-refractivity contribution < 1.29 is 28.9 Å². The molecule has 2 heterocycles. The van der Waals surface area contributed by atoms with Crippen LogP contribution in [0.5, 0.6) is 0 Å². The summed E-state index contributed by atoms with van der Waals surface area (Å²) in [6.45, 7) is 14.2. The normalized spacial score (nSPS) is 31.4. The number of fused-ring (bicyclic) bond motifs is 2. The number of ether oxygens (including phenoxy) is 3. The van der Waals surface area contributed by atoms with Gasteiger partial charge in [0.15, 0.2) is 12.4 Å². The van der Waals surface area contributed by atoms with Crippen molar-refractivity contribution in [2.24, 2.45) is 16.7 Å². The van der Waals surface area contributed by atoms with Gasteiger partial charge in [0.05, 0.1) is 18.8 Å². The lowest BCUT2D eigenvalue weighted by molar-refractivity contribution is -0.276. The maximum absolute atomic E-state index is 12.4. The van der Waals surface area contributed by atoms with E-state index in [1.54, 1.807) is 6.92 Å². The van der Waals surface area contributed by atoms with Gasteiger partial charge in [-0.2, -0.15) is 0 Å². The van der Waals surface area contributed by atoms with Crippen LogP contribution < -0.4 is 5.32 Å². The summed E-state index contributed by atoms with van der Waals surface area (Å²) in [5.74, 6) is -0.779. The number of rotatable bonds is 8. The minimum absolute atomic E-state index is 0.00370. The number of anilines is 1. The lowest BCUT2D eigenvalue weighted by Gasteiger charge is -2.43. The Labute approximate surface area is 249 Å². The van der Waals surface area contributed by atoms with Crippen molar-refractivity contribution in [3.05, 3.63) is 65.2 Å². The monoisotopic (exact) mass is 578 g/mol. The highest BCUT2D eigenvalue weighted by molar-refractivity contribution is 5.94. The van der Waals surface area contributed by atoms with Crippen LogP contribution in [0.1, 0.15) is 89.9 Å². The molecule has 0 radical (unpaired) electrons. The van der Waals surface area contributed by atoms with Crippen molar-refractivity contribution in [3.63, 3.8) is 0 Å². The molecule has 2 saturated heterocycles. The zero-order valence-electron chi connectivity index (χ0n) is 25.8. The van der Waals surface area contributed by atoms with Gasteiger partial charge in [0.25, 0.3) is 5.91 Å². The molecule has 2 aromatic carbocycles. The molecule has 1 saturated carbocycles. The number of hydrogen-bond acceptors (Lipinski definition) is 7. The summed E-state index contributed by atoms with van der Waals surface area (Å²) in [6.07, 6.45) is 2.02. The fourth-order valence-corrected chi connectivity index (χ4v) is 7.62. The number of aliphatic hydroxyl groups excluding tert-OH is 1. The van der Waals surface area contributed by atoms with E-state index >= 15 is 0 Å². The maximum Gasteiger partial charge on any atom is 0.303 e. The molecule has 1 aliphatic carbocycles. The van der Waals surface area contributed by atoms with Crippen molar-refractivity contribution in [3.8, 4) is 0 Å². The summed E-state index contributed by atoms with van der Waals surface area (Å²) in [5.41, 5.74) is 4.08. The quantitative estimate of drug-likeness (QED) is 0.385. The summed E-state index contributed by atoms with van der Waals surface area (Å²) in [4.78, 5) is 26.3. The lowest BCUT2D eigenvalue weighted by Crippen LogP contribution is -2.46. The van der Waals surface area contributed by atoms with E-state index in [2.05, 4.69) is 37.9 Å². The Morgan fingerprint density at radius 1 is 1.05 bits per heavy atom. The fraction of sp³-hybridized carbons (Fsp3) is 0.588. The predicted molar refractivity (Wildman–Crippen MR) is 160 cm³/mol. The van der Waals surface area contributed by atoms with Crippen molar-refractivity contribution in [2.75, 3.05) is 18.4 Å². The zero-order valence-corrected chi connectivity index (χ0v) is 25.8. The molecule has 8 heteroatoms. The molecule has 0 aromatic heterocycles. The highest BCUT2D eigenvalue weighted by Crippen LogP contribution is 2.53. The number of likely N-dealkylation sites (tertiary alicyclic amines) is 1. The van der Waals surface area contributed by atoms with E-state index in [0.29, 0.717) is 22.6 Å². The summed E-state index contributed by atoms with van der Waals surface area (Å²) in [7, 11) is 0. The van der Waals surface area contributed by atoms with Crippen LogP contribution in [0, 0.1) is 16.7 Å². The van der Waals surface area contributed by atoms with Gasteiger partial charge < -0.3 is 24.6 Å². The molecule has 42 heavy (non-hydrogen) atoms. The second-order valence-electron chi connectivity index (χ2n) is 13.8. The average molecular weight is 579 g/mol. The van der Waals surface area contributed by atoms with Crippen LogP contribution in [0.25, 0.3) is 0 Å². The van der Waals surface area contributed by atoms with E-state index in [9.17, 15) is 14.7 Å². The number of aliphatic hydroxyl groups is 1. The number of esters is 1. The molecule has 2 bridgehead atoms. The minimum Gasteiger partial charge on any atom is -0.453 e. The highest BCUT2D eigenvalue weighted by atomic mass is 16.7. The topological polar surface area (TPSA) is 97.3 Å². The smallest absolute Gasteiger partial charge is 0.303 e. The molecule has 0 spiro atoms. The van der Waals surface area contributed by atoms with Crippen molar-refractivity contribution in [2.45, 2.75) is 98.1 Å². The Morgan fingerprint density at radius 2 is 1.71 bits per heavy atom. The summed E-state index contributed by atoms with van der Waals surface area (Å²) in [6, 6.07) is 16.0. The fourth-order valence-electron chi connectivity index (χ4n) is 7.62. The van der Waals surface area contributed by atoms with Crippen LogP contribution in [0.2, 0.25) is 0 Å². The molecule has 2 aliphatic heterocycles. The molecule has 2 aromatic rings. The first kappa shape index (κ1) is 30.7. The van der Waals surface area contributed by atoms with Crippen molar-refractivity contribution in [1.82, 2.24) is 4.90 Å². The highest BCUT2D eigenvalue weighted by Gasteiger charge is 2.51. The van der Waals surface area contributed by atoms with Gasteiger partial charge in [-0.25, -0.2) is 0 Å². The lowest BCUT2D eigenvalue weighted by atomic mass is 9.65. The van der Waals surface area contributed by atoms with Crippen LogP contribution in [0.15, 0.2) is 48.5 Å². The zero-order chi connectivity index (χ0) is 30.2. The Kier molecular flexibility index (Phi) is 8.82. The number of benzene rings is 2. The number of carbonyl (C=O) groups is 2. The van der Waals surface area contributed by atoms with E-state index in [1.165, 1.54) is 26.2 Å². The third-order valence-corrected chi connectivity index (χ3v) is 9.22. The van der Waals surface area contributed by atoms with Crippen LogP contribution in [-0.4, -0.2) is 53.2 Å². The van der Waals surface area contributed by atoms with Gasteiger partial charge in [-0.05, 0) is 60.3 Å². The molecule has 3 fully saturated rings. The standard InChI is InChI=1S/C34H46N2O6/c1-21-29(17-36-20-34(6)16-28(36)15-33(4,5)19-34)41-32(42-30(21)25-9-7-24(18-37)8-10-25)26-11-13-27(14-12-26)35-31(39)22(2)40-23(3)38/h7-14,21-22,28-30,32,37H,15-20H2,1-6H3,(H,35,39). The molecule has 228 valence electrons. The van der Waals surface area contributed by atoms with Crippen LogP contribution in [0.4, 0.5) is 5.69 Å².